The van der Waals surface area contributed by atoms with Gasteiger partial charge in [0.25, 0.3) is 5.91 Å². The third-order valence-electron chi connectivity index (χ3n) is 5.93. The van der Waals surface area contributed by atoms with Crippen LogP contribution in [0.1, 0.15) is 40.4 Å². The van der Waals surface area contributed by atoms with Crippen LogP contribution in [0.5, 0.6) is 11.6 Å². The molecule has 8 nitrogen and oxygen atoms in total. The van der Waals surface area contributed by atoms with E-state index in [9.17, 15) is 4.79 Å². The predicted molar refractivity (Wildman–Crippen MR) is 126 cm³/mol. The quantitative estimate of drug-likeness (QED) is 0.442. The summed E-state index contributed by atoms with van der Waals surface area (Å²) in [6.07, 6.45) is 11.7. The number of ether oxygens (including phenoxy) is 1. The number of rotatable bonds is 5. The summed E-state index contributed by atoms with van der Waals surface area (Å²) >= 11 is 0. The van der Waals surface area contributed by atoms with Gasteiger partial charge in [-0.2, -0.15) is 0 Å². The third kappa shape index (κ3) is 4.76. The Morgan fingerprint density at radius 1 is 1.00 bits per heavy atom. The van der Waals surface area contributed by atoms with Gasteiger partial charge in [-0.1, -0.05) is 18.2 Å². The fraction of sp³-hybridized carbons (Fsp3) is 0.231. The molecule has 3 aromatic heterocycles. The summed E-state index contributed by atoms with van der Waals surface area (Å²) in [6.45, 7) is 3.28. The number of para-hydroxylation sites is 1. The van der Waals surface area contributed by atoms with E-state index in [-0.39, 0.29) is 11.8 Å². The number of likely N-dealkylation sites (tertiary alicyclic amines) is 1. The van der Waals surface area contributed by atoms with E-state index in [4.69, 9.17) is 9.72 Å². The Balaban J connectivity index is 1.28. The Morgan fingerprint density at radius 3 is 2.65 bits per heavy atom. The van der Waals surface area contributed by atoms with E-state index in [2.05, 4.69) is 19.9 Å². The number of hydrogen-bond acceptors (Lipinski definition) is 7. The van der Waals surface area contributed by atoms with Crippen molar-refractivity contribution < 1.29 is 9.53 Å². The van der Waals surface area contributed by atoms with Crippen molar-refractivity contribution in [2.24, 2.45) is 0 Å². The summed E-state index contributed by atoms with van der Waals surface area (Å²) in [5.74, 6) is 1.28. The highest BCUT2D eigenvalue weighted by Gasteiger charge is 2.27. The average molecular weight is 453 g/mol. The molecule has 1 amide bonds. The number of aromatic nitrogens is 5. The molecule has 1 aliphatic rings. The molecule has 5 rings (SSSR count). The van der Waals surface area contributed by atoms with E-state index in [0.29, 0.717) is 24.5 Å². The van der Waals surface area contributed by atoms with Crippen LogP contribution in [-0.2, 0) is 0 Å². The van der Waals surface area contributed by atoms with E-state index in [1.54, 1.807) is 37.1 Å². The first kappa shape index (κ1) is 21.6. The van der Waals surface area contributed by atoms with Crippen LogP contribution in [0.25, 0.3) is 11.3 Å². The van der Waals surface area contributed by atoms with E-state index in [1.807, 2.05) is 42.2 Å². The predicted octanol–water partition coefficient (Wildman–Crippen LogP) is 4.45. The largest absolute Gasteiger partial charge is 0.437 e. The summed E-state index contributed by atoms with van der Waals surface area (Å²) in [7, 11) is 0. The van der Waals surface area contributed by atoms with Crippen LogP contribution >= 0.6 is 0 Å². The van der Waals surface area contributed by atoms with E-state index >= 15 is 0 Å². The maximum Gasteiger partial charge on any atom is 0.255 e. The van der Waals surface area contributed by atoms with E-state index in [1.165, 1.54) is 6.33 Å². The average Bonchev–Trinajstić information content (AvgIpc) is 2.90. The van der Waals surface area contributed by atoms with Crippen molar-refractivity contribution in [1.82, 2.24) is 29.8 Å². The van der Waals surface area contributed by atoms with Gasteiger partial charge in [-0.15, -0.1) is 0 Å². The normalized spacial score (nSPS) is 15.7. The van der Waals surface area contributed by atoms with Crippen molar-refractivity contribution >= 4 is 5.91 Å². The first-order valence-electron chi connectivity index (χ1n) is 11.2. The van der Waals surface area contributed by atoms with Crippen molar-refractivity contribution in [2.75, 3.05) is 13.1 Å². The fourth-order valence-electron chi connectivity index (χ4n) is 4.10. The van der Waals surface area contributed by atoms with Gasteiger partial charge in [-0.25, -0.2) is 15.0 Å². The summed E-state index contributed by atoms with van der Waals surface area (Å²) in [5, 5.41) is 0. The molecule has 4 aromatic rings. The lowest BCUT2D eigenvalue weighted by molar-refractivity contribution is 0.0705. The standard InChI is InChI=1S/C26H24N6O2/c1-18-5-2-3-7-24(18)34-25-15-27-14-23(31-25)20-6-4-10-32(16-20)26(33)19-8-9-22(30-13-19)21-11-28-17-29-12-21/h2-3,5,7-9,11-15,17,20H,4,6,10,16H2,1H3. The number of carbonyl (C=O) groups excluding carboxylic acids is 1. The van der Waals surface area contributed by atoms with Gasteiger partial charge in [-0.05, 0) is 43.5 Å². The lowest BCUT2D eigenvalue weighted by Crippen LogP contribution is -2.39. The summed E-state index contributed by atoms with van der Waals surface area (Å²) < 4.78 is 5.96. The van der Waals surface area contributed by atoms with Crippen LogP contribution in [0.2, 0.25) is 0 Å². The van der Waals surface area contributed by atoms with Crippen LogP contribution in [0.4, 0.5) is 0 Å². The number of hydrogen-bond donors (Lipinski definition) is 0. The molecule has 0 radical (unpaired) electrons. The molecule has 0 spiro atoms. The highest BCUT2D eigenvalue weighted by atomic mass is 16.5. The van der Waals surface area contributed by atoms with Crippen molar-refractivity contribution in [3.63, 3.8) is 0 Å². The number of nitrogens with zero attached hydrogens (tertiary/aromatic N) is 6. The number of aryl methyl sites for hydroxylation is 1. The van der Waals surface area contributed by atoms with Crippen molar-refractivity contribution in [1.29, 1.82) is 0 Å². The van der Waals surface area contributed by atoms with Gasteiger partial charge in [0.05, 0.1) is 23.1 Å². The topological polar surface area (TPSA) is 94.0 Å². The fourth-order valence-corrected chi connectivity index (χ4v) is 4.10. The Kier molecular flexibility index (Phi) is 6.20. The second-order valence-electron chi connectivity index (χ2n) is 8.30. The highest BCUT2D eigenvalue weighted by Crippen LogP contribution is 2.29. The molecule has 34 heavy (non-hydrogen) atoms. The number of pyridine rings is 1. The second-order valence-corrected chi connectivity index (χ2v) is 8.30. The van der Waals surface area contributed by atoms with Gasteiger partial charge in [0, 0.05) is 49.4 Å². The molecular weight excluding hydrogens is 428 g/mol. The monoisotopic (exact) mass is 452 g/mol. The molecule has 1 aromatic carbocycles. The summed E-state index contributed by atoms with van der Waals surface area (Å²) in [4.78, 5) is 36.5. The molecule has 1 unspecified atom stereocenters. The van der Waals surface area contributed by atoms with Crippen molar-refractivity contribution in [3.8, 4) is 22.9 Å². The minimum atomic E-state index is -0.0339. The molecule has 0 saturated carbocycles. The van der Waals surface area contributed by atoms with Crippen molar-refractivity contribution in [2.45, 2.75) is 25.7 Å². The zero-order chi connectivity index (χ0) is 23.3. The molecule has 1 saturated heterocycles. The molecule has 1 fully saturated rings. The number of amides is 1. The number of benzene rings is 1. The first-order valence-corrected chi connectivity index (χ1v) is 11.2. The molecule has 0 N–H and O–H groups in total. The molecule has 8 heteroatoms. The lowest BCUT2D eigenvalue weighted by atomic mass is 9.94. The molecule has 1 atom stereocenters. The molecular formula is C26H24N6O2. The third-order valence-corrected chi connectivity index (χ3v) is 5.93. The minimum absolute atomic E-state index is 0.0339. The molecule has 4 heterocycles. The molecule has 0 aliphatic carbocycles. The number of piperidine rings is 1. The molecule has 0 bridgehead atoms. The zero-order valence-electron chi connectivity index (χ0n) is 18.8. The van der Waals surface area contributed by atoms with Gasteiger partial charge < -0.3 is 9.64 Å². The van der Waals surface area contributed by atoms with Crippen LogP contribution in [0.15, 0.2) is 73.7 Å². The lowest BCUT2D eigenvalue weighted by Gasteiger charge is -2.32. The zero-order valence-corrected chi connectivity index (χ0v) is 18.8. The SMILES string of the molecule is Cc1ccccc1Oc1cncc(C2CCCN(C(=O)c3ccc(-c4cncnc4)nc3)C2)n1. The Labute approximate surface area is 197 Å². The van der Waals surface area contributed by atoms with E-state index < -0.39 is 0 Å². The highest BCUT2D eigenvalue weighted by molar-refractivity contribution is 5.94. The van der Waals surface area contributed by atoms with Crippen molar-refractivity contribution in [3.05, 3.63) is 90.5 Å². The summed E-state index contributed by atoms with van der Waals surface area (Å²) in [5.41, 5.74) is 3.97. The molecule has 170 valence electrons. The van der Waals surface area contributed by atoms with Crippen LogP contribution < -0.4 is 4.74 Å². The summed E-state index contributed by atoms with van der Waals surface area (Å²) in [6, 6.07) is 11.4. The first-order chi connectivity index (χ1) is 16.7. The van der Waals surface area contributed by atoms with Crippen LogP contribution in [0, 0.1) is 6.92 Å². The van der Waals surface area contributed by atoms with Gasteiger partial charge in [-0.3, -0.25) is 14.8 Å². The Morgan fingerprint density at radius 2 is 1.85 bits per heavy atom. The smallest absolute Gasteiger partial charge is 0.255 e. The van der Waals surface area contributed by atoms with Crippen LogP contribution in [0.3, 0.4) is 0 Å². The second kappa shape index (κ2) is 9.74. The Bertz CT molecular complexity index is 1280. The number of carbonyl (C=O) groups is 1. The maximum atomic E-state index is 13.2. The maximum absolute atomic E-state index is 13.2. The van der Waals surface area contributed by atoms with Gasteiger partial charge >= 0.3 is 0 Å². The van der Waals surface area contributed by atoms with Gasteiger partial charge in [0.2, 0.25) is 5.88 Å². The Hall–Kier alpha value is -4.20. The van der Waals surface area contributed by atoms with E-state index in [0.717, 1.165) is 41.1 Å². The molecule has 1 aliphatic heterocycles. The van der Waals surface area contributed by atoms with Crippen LogP contribution in [-0.4, -0.2) is 48.8 Å². The van der Waals surface area contributed by atoms with Gasteiger partial charge in [0.15, 0.2) is 0 Å². The minimum Gasteiger partial charge on any atom is -0.437 e. The van der Waals surface area contributed by atoms with Gasteiger partial charge in [0.1, 0.15) is 12.1 Å².